The summed E-state index contributed by atoms with van der Waals surface area (Å²) in [5.41, 5.74) is 1.37. The van der Waals surface area contributed by atoms with Gasteiger partial charge in [0, 0.05) is 6.42 Å². The van der Waals surface area contributed by atoms with Gasteiger partial charge < -0.3 is 15.3 Å². The van der Waals surface area contributed by atoms with Gasteiger partial charge in [0.1, 0.15) is 6.10 Å². The van der Waals surface area contributed by atoms with E-state index >= 15 is 0 Å². The number of allylic oxidation sites excluding steroid dienone is 2. The molecule has 6 atom stereocenters. The molecular weight excluding hydrogens is 364 g/mol. The molecule has 2 unspecified atom stereocenters. The Bertz CT molecular complexity index is 666. The van der Waals surface area contributed by atoms with Gasteiger partial charge in [-0.15, -0.1) is 0 Å². The Kier molecular flexibility index (Phi) is 7.46. The SMILES string of the molecule is CCC1C(=CCCC(=O)O)[C@@]2(C)CC[C@@H](O)[C@H](C#CC(O)CC3CCCCC3)[C@@H]12. The molecule has 3 aliphatic carbocycles. The van der Waals surface area contributed by atoms with E-state index in [1.54, 1.807) is 0 Å². The highest BCUT2D eigenvalue weighted by Crippen LogP contribution is 2.65. The van der Waals surface area contributed by atoms with Crippen LogP contribution in [0.5, 0.6) is 0 Å². The van der Waals surface area contributed by atoms with Crippen molar-refractivity contribution in [2.75, 3.05) is 0 Å². The molecule has 3 aliphatic rings. The fraction of sp³-hybridized carbons (Fsp3) is 0.800. The Hall–Kier alpha value is -1.31. The van der Waals surface area contributed by atoms with E-state index in [2.05, 4.69) is 31.8 Å². The van der Waals surface area contributed by atoms with Gasteiger partial charge in [-0.05, 0) is 55.3 Å². The second-order valence-electron chi connectivity index (χ2n) is 9.73. The Morgan fingerprint density at radius 2 is 2.00 bits per heavy atom. The van der Waals surface area contributed by atoms with E-state index in [1.807, 2.05) is 0 Å². The van der Waals surface area contributed by atoms with Crippen molar-refractivity contribution in [3.63, 3.8) is 0 Å². The number of hydrogen-bond acceptors (Lipinski definition) is 3. The van der Waals surface area contributed by atoms with Gasteiger partial charge in [0.2, 0.25) is 0 Å². The zero-order chi connectivity index (χ0) is 21.0. The summed E-state index contributed by atoms with van der Waals surface area (Å²) >= 11 is 0. The molecular formula is C25H38O4. The van der Waals surface area contributed by atoms with Crippen LogP contribution in [0.25, 0.3) is 0 Å². The van der Waals surface area contributed by atoms with E-state index in [9.17, 15) is 15.0 Å². The van der Waals surface area contributed by atoms with Crippen LogP contribution in [0.3, 0.4) is 0 Å². The van der Waals surface area contributed by atoms with Crippen LogP contribution in [0.2, 0.25) is 0 Å². The minimum atomic E-state index is -0.759. The molecule has 0 bridgehead atoms. The molecule has 0 aliphatic heterocycles. The summed E-state index contributed by atoms with van der Waals surface area (Å²) in [4.78, 5) is 10.9. The summed E-state index contributed by atoms with van der Waals surface area (Å²) in [5.74, 6) is 6.79. The number of carboxylic acids is 1. The Morgan fingerprint density at radius 1 is 1.28 bits per heavy atom. The van der Waals surface area contributed by atoms with Gasteiger partial charge in [-0.25, -0.2) is 0 Å². The van der Waals surface area contributed by atoms with Crippen molar-refractivity contribution in [3.8, 4) is 11.8 Å². The zero-order valence-corrected chi connectivity index (χ0v) is 18.1. The molecule has 3 fully saturated rings. The fourth-order valence-corrected chi connectivity index (χ4v) is 6.37. The van der Waals surface area contributed by atoms with Crippen LogP contribution in [-0.2, 0) is 4.79 Å². The quantitative estimate of drug-likeness (QED) is 0.450. The molecule has 0 spiro atoms. The van der Waals surface area contributed by atoms with Gasteiger partial charge in [-0.2, -0.15) is 0 Å². The third-order valence-electron chi connectivity index (χ3n) is 7.85. The highest BCUT2D eigenvalue weighted by atomic mass is 16.4. The number of aliphatic hydroxyl groups is 2. The number of carbonyl (C=O) groups is 1. The third-order valence-corrected chi connectivity index (χ3v) is 7.85. The number of carboxylic acid groups (broad SMARTS) is 1. The Morgan fingerprint density at radius 3 is 2.66 bits per heavy atom. The van der Waals surface area contributed by atoms with E-state index in [-0.39, 0.29) is 17.8 Å². The van der Waals surface area contributed by atoms with E-state index in [1.165, 1.54) is 37.7 Å². The zero-order valence-electron chi connectivity index (χ0n) is 18.1. The molecule has 0 saturated heterocycles. The van der Waals surface area contributed by atoms with Crippen LogP contribution >= 0.6 is 0 Å². The predicted octanol–water partition coefficient (Wildman–Crippen LogP) is 4.55. The molecule has 0 aromatic rings. The van der Waals surface area contributed by atoms with Gasteiger partial charge in [0.05, 0.1) is 12.0 Å². The normalized spacial score (nSPS) is 37.2. The van der Waals surface area contributed by atoms with Crippen LogP contribution in [0.4, 0.5) is 0 Å². The molecule has 3 N–H and O–H groups in total. The Labute approximate surface area is 175 Å². The van der Waals surface area contributed by atoms with Gasteiger partial charge in [-0.3, -0.25) is 4.79 Å². The number of aliphatic hydroxyl groups excluding tert-OH is 2. The van der Waals surface area contributed by atoms with E-state index < -0.39 is 18.2 Å². The molecule has 4 nitrogen and oxygen atoms in total. The van der Waals surface area contributed by atoms with Crippen molar-refractivity contribution >= 4 is 5.97 Å². The van der Waals surface area contributed by atoms with Crippen LogP contribution in [-0.4, -0.2) is 33.5 Å². The average Bonchev–Trinajstić information content (AvgIpc) is 2.69. The maximum atomic E-state index is 10.9. The van der Waals surface area contributed by atoms with Crippen LogP contribution < -0.4 is 0 Å². The maximum absolute atomic E-state index is 10.9. The molecule has 0 aromatic carbocycles. The molecule has 3 rings (SSSR count). The lowest BCUT2D eigenvalue weighted by molar-refractivity contribution is -0.136. The summed E-state index contributed by atoms with van der Waals surface area (Å²) < 4.78 is 0. The molecule has 4 heteroatoms. The summed E-state index contributed by atoms with van der Waals surface area (Å²) in [7, 11) is 0. The summed E-state index contributed by atoms with van der Waals surface area (Å²) in [6, 6.07) is 0. The van der Waals surface area contributed by atoms with E-state index in [4.69, 9.17) is 5.11 Å². The minimum Gasteiger partial charge on any atom is -0.481 e. The van der Waals surface area contributed by atoms with Gasteiger partial charge in [-0.1, -0.05) is 69.4 Å². The first-order chi connectivity index (χ1) is 13.9. The van der Waals surface area contributed by atoms with Gasteiger partial charge in [0.25, 0.3) is 0 Å². The standard InChI is InChI=1S/C25H38O4/c1-3-19-21(10-7-11-23(28)29)25(2)15-14-22(27)20(24(19)25)13-12-18(26)16-17-8-5-4-6-9-17/h10,17-20,22,24,26-27H,3-9,11,14-16H2,1-2H3,(H,28,29)/t18?,19?,20-,22+,24+,25+/m0/s1. The molecule has 29 heavy (non-hydrogen) atoms. The van der Waals surface area contributed by atoms with Crippen molar-refractivity contribution < 1.29 is 20.1 Å². The van der Waals surface area contributed by atoms with Crippen molar-refractivity contribution in [1.29, 1.82) is 0 Å². The maximum Gasteiger partial charge on any atom is 0.303 e. The highest BCUT2D eigenvalue weighted by molar-refractivity contribution is 5.66. The van der Waals surface area contributed by atoms with Crippen molar-refractivity contribution in [2.45, 2.75) is 96.7 Å². The first kappa shape index (κ1) is 22.4. The topological polar surface area (TPSA) is 77.8 Å². The average molecular weight is 403 g/mol. The lowest BCUT2D eigenvalue weighted by Gasteiger charge is -2.62. The highest BCUT2D eigenvalue weighted by Gasteiger charge is 2.59. The monoisotopic (exact) mass is 402 g/mol. The van der Waals surface area contributed by atoms with Crippen molar-refractivity contribution in [3.05, 3.63) is 11.6 Å². The number of aliphatic carboxylic acids is 1. The second kappa shape index (κ2) is 9.67. The van der Waals surface area contributed by atoms with E-state index in [0.29, 0.717) is 24.2 Å². The largest absolute Gasteiger partial charge is 0.481 e. The molecule has 162 valence electrons. The molecule has 3 saturated carbocycles. The van der Waals surface area contributed by atoms with Crippen LogP contribution in [0.15, 0.2) is 11.6 Å². The molecule has 0 radical (unpaired) electrons. The van der Waals surface area contributed by atoms with Gasteiger partial charge >= 0.3 is 5.97 Å². The summed E-state index contributed by atoms with van der Waals surface area (Å²) in [5, 5.41) is 30.1. The number of fused-ring (bicyclic) bond motifs is 1. The molecule has 0 amide bonds. The minimum absolute atomic E-state index is 0.00603. The summed E-state index contributed by atoms with van der Waals surface area (Å²) in [6.45, 7) is 4.42. The van der Waals surface area contributed by atoms with Crippen LogP contribution in [0, 0.1) is 40.9 Å². The number of hydrogen-bond donors (Lipinski definition) is 3. The lowest BCUT2D eigenvalue weighted by Crippen LogP contribution is -2.57. The molecule has 0 aromatic heterocycles. The number of rotatable bonds is 6. The fourth-order valence-electron chi connectivity index (χ4n) is 6.37. The molecule has 0 heterocycles. The lowest BCUT2D eigenvalue weighted by atomic mass is 9.42. The van der Waals surface area contributed by atoms with Gasteiger partial charge in [0.15, 0.2) is 0 Å². The first-order valence-corrected chi connectivity index (χ1v) is 11.7. The first-order valence-electron chi connectivity index (χ1n) is 11.7. The predicted molar refractivity (Wildman–Crippen MR) is 114 cm³/mol. The second-order valence-corrected chi connectivity index (χ2v) is 9.73. The van der Waals surface area contributed by atoms with Crippen LogP contribution in [0.1, 0.15) is 84.5 Å². The van der Waals surface area contributed by atoms with Crippen molar-refractivity contribution in [1.82, 2.24) is 0 Å². The van der Waals surface area contributed by atoms with Crippen molar-refractivity contribution in [2.24, 2.45) is 29.1 Å². The Balaban J connectivity index is 1.70. The third kappa shape index (κ3) is 4.89. The smallest absolute Gasteiger partial charge is 0.303 e. The van der Waals surface area contributed by atoms with E-state index in [0.717, 1.165) is 25.7 Å². The summed E-state index contributed by atoms with van der Waals surface area (Å²) in [6.07, 6.45) is 11.5.